The summed E-state index contributed by atoms with van der Waals surface area (Å²) in [4.78, 5) is 29.5. The summed E-state index contributed by atoms with van der Waals surface area (Å²) < 4.78 is 0.994. The summed E-state index contributed by atoms with van der Waals surface area (Å²) in [6.07, 6.45) is 7.67. The van der Waals surface area contributed by atoms with Crippen LogP contribution in [0.1, 0.15) is 93.6 Å². The van der Waals surface area contributed by atoms with Crippen LogP contribution in [-0.2, 0) is 10.2 Å². The molecule has 0 unspecified atom stereocenters. The summed E-state index contributed by atoms with van der Waals surface area (Å²) in [5, 5.41) is 18.6. The van der Waals surface area contributed by atoms with Crippen LogP contribution in [0.5, 0.6) is 0 Å². The molecule has 2 aliphatic carbocycles. The SMILES string of the molecule is CC(C)(C)c1cc(N(C(=O)[C@H]2CC[C@H](C)CC2)[C@H]2CC[C@@H](Sc3nncs3)CC2)c(C(=O)O)s1. The molecular weight excluding hydrogens is 486 g/mol. The number of carbonyl (C=O) groups excluding carboxylic acids is 1. The third kappa shape index (κ3) is 5.85. The molecule has 1 N–H and O–H groups in total. The average Bonchev–Trinajstić information content (AvgIpc) is 3.46. The van der Waals surface area contributed by atoms with E-state index in [0.717, 1.165) is 60.6 Å². The molecule has 2 saturated carbocycles. The van der Waals surface area contributed by atoms with Crippen molar-refractivity contribution in [3.8, 4) is 0 Å². The third-order valence-corrected chi connectivity index (χ3v) is 10.8. The molecule has 2 fully saturated rings. The van der Waals surface area contributed by atoms with Crippen LogP contribution in [0.2, 0.25) is 0 Å². The highest BCUT2D eigenvalue weighted by molar-refractivity contribution is 8.01. The highest BCUT2D eigenvalue weighted by Crippen LogP contribution is 2.43. The van der Waals surface area contributed by atoms with E-state index in [0.29, 0.717) is 21.7 Å². The van der Waals surface area contributed by atoms with Crippen LogP contribution in [0.25, 0.3) is 0 Å². The topological polar surface area (TPSA) is 83.4 Å². The number of aromatic carboxylic acids is 1. The van der Waals surface area contributed by atoms with E-state index in [1.165, 1.54) is 11.3 Å². The van der Waals surface area contributed by atoms with Crippen molar-refractivity contribution in [2.45, 2.75) is 100 Å². The van der Waals surface area contributed by atoms with Crippen molar-refractivity contribution >= 4 is 52.0 Å². The monoisotopic (exact) mass is 521 g/mol. The molecule has 6 nitrogen and oxygen atoms in total. The minimum absolute atomic E-state index is 0.00989. The van der Waals surface area contributed by atoms with Gasteiger partial charge in [-0.3, -0.25) is 4.79 Å². The molecule has 0 saturated heterocycles. The van der Waals surface area contributed by atoms with Crippen LogP contribution in [-0.4, -0.2) is 38.5 Å². The van der Waals surface area contributed by atoms with Crippen molar-refractivity contribution < 1.29 is 14.7 Å². The smallest absolute Gasteiger partial charge is 0.348 e. The van der Waals surface area contributed by atoms with E-state index in [9.17, 15) is 14.7 Å². The van der Waals surface area contributed by atoms with Crippen molar-refractivity contribution in [1.29, 1.82) is 0 Å². The predicted molar refractivity (Wildman–Crippen MR) is 140 cm³/mol. The second kappa shape index (κ2) is 10.7. The minimum atomic E-state index is -0.939. The Labute approximate surface area is 214 Å². The standard InChI is InChI=1S/C25H35N3O3S3/c1-15-5-7-16(8-6-15)22(29)28(19-13-20(25(2,3)4)34-21(19)23(30)31)17-9-11-18(12-10-17)33-24-27-26-14-32-24/h13-18H,5-12H2,1-4H3,(H,30,31)/t15-,16-,17-,18+. The van der Waals surface area contributed by atoms with Crippen LogP contribution in [0.15, 0.2) is 15.9 Å². The molecule has 0 spiro atoms. The highest BCUT2D eigenvalue weighted by atomic mass is 32.2. The van der Waals surface area contributed by atoms with E-state index in [4.69, 9.17) is 0 Å². The molecule has 4 rings (SSSR count). The molecule has 0 aromatic carbocycles. The number of thioether (sulfide) groups is 1. The summed E-state index contributed by atoms with van der Waals surface area (Å²) in [5.74, 6) is -0.156. The Morgan fingerprint density at radius 1 is 1.09 bits per heavy atom. The molecule has 34 heavy (non-hydrogen) atoms. The van der Waals surface area contributed by atoms with Crippen LogP contribution in [0.3, 0.4) is 0 Å². The fraction of sp³-hybridized carbons (Fsp3) is 0.680. The first-order valence-electron chi connectivity index (χ1n) is 12.3. The van der Waals surface area contributed by atoms with Crippen LogP contribution >= 0.6 is 34.4 Å². The number of anilines is 1. The molecule has 2 heterocycles. The Balaban J connectivity index is 1.61. The van der Waals surface area contributed by atoms with Gasteiger partial charge in [0, 0.05) is 22.1 Å². The summed E-state index contributed by atoms with van der Waals surface area (Å²) in [7, 11) is 0. The number of nitrogens with zero attached hydrogens (tertiary/aromatic N) is 3. The number of thiophene rings is 1. The van der Waals surface area contributed by atoms with Crippen molar-refractivity contribution in [3.63, 3.8) is 0 Å². The lowest BCUT2D eigenvalue weighted by Gasteiger charge is -2.39. The predicted octanol–water partition coefficient (Wildman–Crippen LogP) is 6.86. The maximum atomic E-state index is 14.0. The van der Waals surface area contributed by atoms with Gasteiger partial charge in [0.25, 0.3) is 0 Å². The highest BCUT2D eigenvalue weighted by Gasteiger charge is 2.38. The van der Waals surface area contributed by atoms with Gasteiger partial charge in [0.1, 0.15) is 10.4 Å². The van der Waals surface area contributed by atoms with Crippen molar-refractivity contribution in [2.24, 2.45) is 11.8 Å². The van der Waals surface area contributed by atoms with E-state index in [2.05, 4.69) is 37.9 Å². The molecule has 9 heteroatoms. The molecule has 0 atom stereocenters. The van der Waals surface area contributed by atoms with Gasteiger partial charge in [-0.05, 0) is 68.8 Å². The first kappa shape index (κ1) is 25.6. The molecule has 0 aliphatic heterocycles. The van der Waals surface area contributed by atoms with Gasteiger partial charge in [-0.15, -0.1) is 21.5 Å². The van der Waals surface area contributed by atoms with Gasteiger partial charge in [-0.25, -0.2) is 4.79 Å². The number of aromatic nitrogens is 2. The second-order valence-corrected chi connectivity index (χ2v) is 14.2. The number of carboxylic acid groups (broad SMARTS) is 1. The van der Waals surface area contributed by atoms with Gasteiger partial charge in [-0.2, -0.15) is 0 Å². The van der Waals surface area contributed by atoms with Gasteiger partial charge >= 0.3 is 5.97 Å². The quantitative estimate of drug-likeness (QED) is 0.447. The molecular formula is C25H35N3O3S3. The Morgan fingerprint density at radius 2 is 1.76 bits per heavy atom. The fourth-order valence-corrected chi connectivity index (χ4v) is 8.03. The number of hydrogen-bond donors (Lipinski definition) is 1. The van der Waals surface area contributed by atoms with Gasteiger partial charge in [0.15, 0.2) is 4.34 Å². The van der Waals surface area contributed by atoms with Crippen LogP contribution < -0.4 is 4.90 Å². The van der Waals surface area contributed by atoms with Gasteiger partial charge in [0.05, 0.1) is 5.69 Å². The van der Waals surface area contributed by atoms with E-state index in [1.54, 1.807) is 28.6 Å². The van der Waals surface area contributed by atoms with Crippen LogP contribution in [0, 0.1) is 11.8 Å². The molecule has 0 bridgehead atoms. The lowest BCUT2D eigenvalue weighted by atomic mass is 9.81. The third-order valence-electron chi connectivity index (χ3n) is 7.12. The van der Waals surface area contributed by atoms with Crippen molar-refractivity contribution in [2.75, 3.05) is 4.90 Å². The zero-order valence-corrected chi connectivity index (χ0v) is 22.9. The normalized spacial score (nSPS) is 25.8. The zero-order chi connectivity index (χ0) is 24.5. The van der Waals surface area contributed by atoms with Gasteiger partial charge in [0.2, 0.25) is 5.91 Å². The number of amides is 1. The number of carbonyl (C=O) groups is 2. The fourth-order valence-electron chi connectivity index (χ4n) is 5.06. The van der Waals surface area contributed by atoms with Crippen molar-refractivity contribution in [1.82, 2.24) is 10.2 Å². The molecule has 186 valence electrons. The first-order valence-corrected chi connectivity index (χ1v) is 14.8. The zero-order valence-electron chi connectivity index (χ0n) is 20.5. The number of hydrogen-bond acceptors (Lipinski definition) is 7. The maximum absolute atomic E-state index is 14.0. The Bertz CT molecular complexity index is 983. The second-order valence-electron chi connectivity index (χ2n) is 10.8. The number of rotatable bonds is 6. The summed E-state index contributed by atoms with van der Waals surface area (Å²) >= 11 is 4.67. The molecule has 1 amide bonds. The Kier molecular flexibility index (Phi) is 8.04. The molecule has 2 aromatic heterocycles. The largest absolute Gasteiger partial charge is 0.477 e. The molecule has 0 radical (unpaired) electrons. The Morgan fingerprint density at radius 3 is 2.32 bits per heavy atom. The van der Waals surface area contributed by atoms with E-state index < -0.39 is 5.97 Å². The van der Waals surface area contributed by atoms with E-state index in [1.807, 2.05) is 11.0 Å². The number of carboxylic acids is 1. The minimum Gasteiger partial charge on any atom is -0.477 e. The average molecular weight is 522 g/mol. The van der Waals surface area contributed by atoms with Gasteiger partial charge in [-0.1, -0.05) is 50.8 Å². The lowest BCUT2D eigenvalue weighted by Crippen LogP contribution is -2.46. The maximum Gasteiger partial charge on any atom is 0.348 e. The summed E-state index contributed by atoms with van der Waals surface area (Å²) in [6.45, 7) is 8.54. The lowest BCUT2D eigenvalue weighted by molar-refractivity contribution is -0.124. The molecule has 2 aliphatic rings. The Hall–Kier alpha value is -1.45. The van der Waals surface area contributed by atoms with Crippen molar-refractivity contribution in [3.05, 3.63) is 21.3 Å². The molecule has 2 aromatic rings. The summed E-state index contributed by atoms with van der Waals surface area (Å²) in [6, 6.07) is 2.03. The first-order chi connectivity index (χ1) is 16.1. The van der Waals surface area contributed by atoms with Gasteiger partial charge < -0.3 is 10.0 Å². The van der Waals surface area contributed by atoms with E-state index in [-0.39, 0.29) is 23.3 Å². The summed E-state index contributed by atoms with van der Waals surface area (Å²) in [5.41, 5.74) is 2.21. The van der Waals surface area contributed by atoms with E-state index >= 15 is 0 Å². The van der Waals surface area contributed by atoms with Crippen LogP contribution in [0.4, 0.5) is 5.69 Å².